The number of tetrazole rings is 1. The van der Waals surface area contributed by atoms with Gasteiger partial charge in [-0.2, -0.15) is 4.68 Å². The highest BCUT2D eigenvalue weighted by atomic mass is 79.9. The first-order chi connectivity index (χ1) is 10.6. The molecule has 3 aromatic rings. The van der Waals surface area contributed by atoms with E-state index in [2.05, 4.69) is 69.6 Å². The molecule has 1 aromatic heterocycles. The van der Waals surface area contributed by atoms with E-state index >= 15 is 0 Å². The third-order valence-corrected chi connectivity index (χ3v) is 5.09. The number of hydrogen-bond acceptors (Lipinski definition) is 4. The molecule has 1 heterocycles. The number of rotatable bonds is 4. The molecule has 0 radical (unpaired) electrons. The molecule has 22 heavy (non-hydrogen) atoms. The van der Waals surface area contributed by atoms with Crippen molar-refractivity contribution in [2.75, 3.05) is 0 Å². The largest absolute Gasteiger partial charge is 0.214 e. The van der Waals surface area contributed by atoms with Crippen LogP contribution < -0.4 is 0 Å². The summed E-state index contributed by atoms with van der Waals surface area (Å²) < 4.78 is 2.91. The summed E-state index contributed by atoms with van der Waals surface area (Å²) in [6, 6.07) is 14.5. The maximum atomic E-state index is 4.16. The van der Waals surface area contributed by atoms with Gasteiger partial charge in [-0.05, 0) is 53.1 Å². The maximum absolute atomic E-state index is 4.16. The summed E-state index contributed by atoms with van der Waals surface area (Å²) >= 11 is 5.20. The number of thioether (sulfide) groups is 1. The van der Waals surface area contributed by atoms with Crippen LogP contribution in [0.15, 0.2) is 52.1 Å². The molecule has 0 spiro atoms. The van der Waals surface area contributed by atoms with E-state index in [0.29, 0.717) is 0 Å². The van der Waals surface area contributed by atoms with Crippen LogP contribution in [0.4, 0.5) is 0 Å². The molecule has 6 heteroatoms. The van der Waals surface area contributed by atoms with E-state index in [1.54, 1.807) is 11.8 Å². The van der Waals surface area contributed by atoms with E-state index in [0.717, 1.165) is 26.6 Å². The van der Waals surface area contributed by atoms with Crippen LogP contribution in [0.3, 0.4) is 0 Å². The van der Waals surface area contributed by atoms with Crippen molar-refractivity contribution in [3.8, 4) is 5.69 Å². The van der Waals surface area contributed by atoms with Crippen molar-refractivity contribution in [2.24, 2.45) is 0 Å². The summed E-state index contributed by atoms with van der Waals surface area (Å²) in [4.78, 5) is 0. The summed E-state index contributed by atoms with van der Waals surface area (Å²) in [6.45, 7) is 4.14. The van der Waals surface area contributed by atoms with Crippen molar-refractivity contribution in [1.82, 2.24) is 20.2 Å². The fourth-order valence-electron chi connectivity index (χ4n) is 2.13. The van der Waals surface area contributed by atoms with Crippen molar-refractivity contribution in [3.63, 3.8) is 0 Å². The van der Waals surface area contributed by atoms with E-state index in [1.807, 2.05) is 22.9 Å². The summed E-state index contributed by atoms with van der Waals surface area (Å²) in [5.74, 6) is 0.812. The fourth-order valence-corrected chi connectivity index (χ4v) is 3.62. The third-order valence-electron chi connectivity index (χ3n) is 3.35. The van der Waals surface area contributed by atoms with Gasteiger partial charge in [-0.3, -0.25) is 0 Å². The maximum Gasteiger partial charge on any atom is 0.214 e. The number of halogens is 1. The molecule has 0 saturated heterocycles. The SMILES string of the molecule is Cc1ccc(C)c(-n2nnnc2SCc2ccccc2Br)c1. The molecule has 0 aliphatic heterocycles. The molecular weight excluding hydrogens is 360 g/mol. The van der Waals surface area contributed by atoms with Crippen LogP contribution >= 0.6 is 27.7 Å². The van der Waals surface area contributed by atoms with Gasteiger partial charge in [0.15, 0.2) is 0 Å². The summed E-state index contributed by atoms with van der Waals surface area (Å²) in [5, 5.41) is 12.9. The van der Waals surface area contributed by atoms with Gasteiger partial charge in [0.1, 0.15) is 0 Å². The van der Waals surface area contributed by atoms with Gasteiger partial charge in [0.05, 0.1) is 5.69 Å². The van der Waals surface area contributed by atoms with Gasteiger partial charge in [0, 0.05) is 10.2 Å². The second kappa shape index (κ2) is 6.62. The van der Waals surface area contributed by atoms with Crippen LogP contribution in [0.2, 0.25) is 0 Å². The molecule has 0 atom stereocenters. The topological polar surface area (TPSA) is 43.6 Å². The molecule has 112 valence electrons. The summed E-state index contributed by atoms with van der Waals surface area (Å²) in [7, 11) is 0. The smallest absolute Gasteiger partial charge is 0.187 e. The molecule has 0 fully saturated rings. The van der Waals surface area contributed by atoms with Gasteiger partial charge in [-0.1, -0.05) is 58.0 Å². The first-order valence-electron chi connectivity index (χ1n) is 6.87. The van der Waals surface area contributed by atoms with Crippen LogP contribution in [0, 0.1) is 13.8 Å². The highest BCUT2D eigenvalue weighted by Gasteiger charge is 2.12. The quantitative estimate of drug-likeness (QED) is 0.637. The Morgan fingerprint density at radius 2 is 1.95 bits per heavy atom. The molecular formula is C16H15BrN4S. The predicted molar refractivity (Wildman–Crippen MR) is 92.3 cm³/mol. The van der Waals surface area contributed by atoms with Gasteiger partial charge in [0.25, 0.3) is 0 Å². The van der Waals surface area contributed by atoms with Gasteiger partial charge < -0.3 is 0 Å². The van der Waals surface area contributed by atoms with E-state index in [-0.39, 0.29) is 0 Å². The number of hydrogen-bond donors (Lipinski definition) is 0. The molecule has 0 saturated carbocycles. The Morgan fingerprint density at radius 3 is 2.77 bits per heavy atom. The zero-order chi connectivity index (χ0) is 15.5. The minimum absolute atomic E-state index is 0.796. The fraction of sp³-hybridized carbons (Fsp3) is 0.188. The summed E-state index contributed by atoms with van der Waals surface area (Å²) in [5.41, 5.74) is 4.60. The molecule has 0 aliphatic carbocycles. The van der Waals surface area contributed by atoms with Crippen LogP contribution in [0.5, 0.6) is 0 Å². The monoisotopic (exact) mass is 374 g/mol. The zero-order valence-electron chi connectivity index (χ0n) is 12.3. The van der Waals surface area contributed by atoms with Crippen LogP contribution in [-0.4, -0.2) is 20.2 Å². The average molecular weight is 375 g/mol. The van der Waals surface area contributed by atoms with Crippen molar-refractivity contribution in [3.05, 3.63) is 63.6 Å². The Morgan fingerprint density at radius 1 is 1.14 bits per heavy atom. The highest BCUT2D eigenvalue weighted by molar-refractivity contribution is 9.10. The Bertz CT molecular complexity index is 800. The van der Waals surface area contributed by atoms with Gasteiger partial charge in [-0.25, -0.2) is 0 Å². The van der Waals surface area contributed by atoms with Crippen molar-refractivity contribution >= 4 is 27.7 Å². The van der Waals surface area contributed by atoms with Gasteiger partial charge in [-0.15, -0.1) is 5.10 Å². The van der Waals surface area contributed by atoms with Crippen molar-refractivity contribution in [2.45, 2.75) is 24.8 Å². The second-order valence-corrected chi connectivity index (χ2v) is 6.84. The zero-order valence-corrected chi connectivity index (χ0v) is 14.7. The van der Waals surface area contributed by atoms with E-state index in [4.69, 9.17) is 0 Å². The highest BCUT2D eigenvalue weighted by Crippen LogP contribution is 2.27. The molecule has 0 amide bonds. The first-order valence-corrected chi connectivity index (χ1v) is 8.65. The lowest BCUT2D eigenvalue weighted by Gasteiger charge is -2.09. The van der Waals surface area contributed by atoms with Crippen LogP contribution in [0.1, 0.15) is 16.7 Å². The Labute approximate surface area is 142 Å². The Balaban J connectivity index is 1.87. The predicted octanol–water partition coefficient (Wildman–Crippen LogP) is 4.33. The number of benzene rings is 2. The number of aryl methyl sites for hydroxylation is 2. The van der Waals surface area contributed by atoms with Crippen LogP contribution in [-0.2, 0) is 5.75 Å². The minimum Gasteiger partial charge on any atom is -0.187 e. The van der Waals surface area contributed by atoms with Gasteiger partial charge >= 0.3 is 0 Å². The summed E-state index contributed by atoms with van der Waals surface area (Å²) in [6.07, 6.45) is 0. The second-order valence-electron chi connectivity index (χ2n) is 5.04. The van der Waals surface area contributed by atoms with Crippen LogP contribution in [0.25, 0.3) is 5.69 Å². The minimum atomic E-state index is 0.796. The number of aromatic nitrogens is 4. The standard InChI is InChI=1S/C16H15BrN4S/c1-11-7-8-12(2)15(9-11)21-16(18-19-20-21)22-10-13-5-3-4-6-14(13)17/h3-9H,10H2,1-2H3. The first kappa shape index (κ1) is 15.2. The van der Waals surface area contributed by atoms with E-state index < -0.39 is 0 Å². The lowest BCUT2D eigenvalue weighted by Crippen LogP contribution is -2.02. The Hall–Kier alpha value is -1.66. The molecule has 3 rings (SSSR count). The molecule has 0 N–H and O–H groups in total. The molecule has 0 aliphatic rings. The average Bonchev–Trinajstić information content (AvgIpc) is 2.97. The Kier molecular flexibility index (Phi) is 4.59. The normalized spacial score (nSPS) is 10.9. The molecule has 4 nitrogen and oxygen atoms in total. The lowest BCUT2D eigenvalue weighted by molar-refractivity contribution is 0.751. The molecule has 0 unspecified atom stereocenters. The van der Waals surface area contributed by atoms with Crippen molar-refractivity contribution < 1.29 is 0 Å². The molecule has 2 aromatic carbocycles. The van der Waals surface area contributed by atoms with E-state index in [9.17, 15) is 0 Å². The van der Waals surface area contributed by atoms with E-state index in [1.165, 1.54) is 11.1 Å². The van der Waals surface area contributed by atoms with Crippen molar-refractivity contribution in [1.29, 1.82) is 0 Å². The lowest BCUT2D eigenvalue weighted by atomic mass is 10.1. The molecule has 0 bridgehead atoms. The number of nitrogens with zero attached hydrogens (tertiary/aromatic N) is 4. The third kappa shape index (κ3) is 3.23. The van der Waals surface area contributed by atoms with Gasteiger partial charge in [0.2, 0.25) is 5.16 Å².